The third-order valence-electron chi connectivity index (χ3n) is 5.53. The molecule has 0 saturated carbocycles. The van der Waals surface area contributed by atoms with Crippen molar-refractivity contribution < 1.29 is 9.18 Å². The number of anilines is 1. The lowest BCUT2D eigenvalue weighted by Crippen LogP contribution is -2.23. The first-order valence-corrected chi connectivity index (χ1v) is 11.1. The van der Waals surface area contributed by atoms with Gasteiger partial charge < -0.3 is 5.32 Å². The molecule has 0 saturated heterocycles. The van der Waals surface area contributed by atoms with Crippen molar-refractivity contribution in [3.63, 3.8) is 0 Å². The van der Waals surface area contributed by atoms with Gasteiger partial charge >= 0.3 is 0 Å². The SMILES string of the molecule is CC(Sc1nc2c(cc1C#N)CC(c1ccccc1)CC2)C(=O)Nc1ccccc1F. The molecular formula is C25H22FN3OS. The van der Waals surface area contributed by atoms with Gasteiger partial charge in [0.2, 0.25) is 5.91 Å². The third-order valence-corrected chi connectivity index (χ3v) is 6.63. The zero-order valence-corrected chi connectivity index (χ0v) is 18.0. The van der Waals surface area contributed by atoms with E-state index < -0.39 is 11.1 Å². The van der Waals surface area contributed by atoms with Crippen LogP contribution in [-0.2, 0) is 17.6 Å². The van der Waals surface area contributed by atoms with Crippen LogP contribution in [0.15, 0.2) is 65.7 Å². The van der Waals surface area contributed by atoms with E-state index in [0.717, 1.165) is 30.5 Å². The molecule has 2 aromatic carbocycles. The van der Waals surface area contributed by atoms with E-state index in [1.165, 1.54) is 29.5 Å². The van der Waals surface area contributed by atoms with Crippen LogP contribution in [0.2, 0.25) is 0 Å². The van der Waals surface area contributed by atoms with E-state index in [2.05, 4.69) is 35.7 Å². The first-order chi connectivity index (χ1) is 15.0. The summed E-state index contributed by atoms with van der Waals surface area (Å²) < 4.78 is 13.8. The van der Waals surface area contributed by atoms with Crippen LogP contribution < -0.4 is 5.32 Å². The summed E-state index contributed by atoms with van der Waals surface area (Å²) in [4.78, 5) is 17.3. The van der Waals surface area contributed by atoms with Crippen LogP contribution in [0, 0.1) is 17.1 Å². The zero-order valence-electron chi connectivity index (χ0n) is 17.1. The number of carbonyl (C=O) groups is 1. The molecular weight excluding hydrogens is 409 g/mol. The molecule has 1 N–H and O–H groups in total. The van der Waals surface area contributed by atoms with Crippen molar-refractivity contribution >= 4 is 23.4 Å². The van der Waals surface area contributed by atoms with Gasteiger partial charge in [0.25, 0.3) is 0 Å². The van der Waals surface area contributed by atoms with Gasteiger partial charge in [-0.3, -0.25) is 4.79 Å². The molecule has 2 unspecified atom stereocenters. The van der Waals surface area contributed by atoms with E-state index in [-0.39, 0.29) is 11.6 Å². The average Bonchev–Trinajstić information content (AvgIpc) is 2.80. The van der Waals surface area contributed by atoms with Crippen molar-refractivity contribution in [1.29, 1.82) is 5.26 Å². The second-order valence-corrected chi connectivity index (χ2v) is 8.97. The highest BCUT2D eigenvalue weighted by Crippen LogP contribution is 2.35. The first-order valence-electron chi connectivity index (χ1n) is 10.2. The molecule has 0 aliphatic heterocycles. The van der Waals surface area contributed by atoms with E-state index in [1.54, 1.807) is 19.1 Å². The number of benzene rings is 2. The first kappa shape index (κ1) is 21.1. The summed E-state index contributed by atoms with van der Waals surface area (Å²) in [5.41, 5.74) is 4.03. The highest BCUT2D eigenvalue weighted by Gasteiger charge is 2.25. The minimum Gasteiger partial charge on any atom is -0.323 e. The van der Waals surface area contributed by atoms with Gasteiger partial charge in [-0.1, -0.05) is 54.2 Å². The fourth-order valence-corrected chi connectivity index (χ4v) is 4.74. The number of nitriles is 1. The quantitative estimate of drug-likeness (QED) is 0.543. The summed E-state index contributed by atoms with van der Waals surface area (Å²) in [7, 11) is 0. The van der Waals surface area contributed by atoms with Crippen LogP contribution in [0.25, 0.3) is 0 Å². The number of carbonyl (C=O) groups excluding carboxylic acids is 1. The standard InChI is InChI=1S/C25H22FN3OS/c1-16(24(30)28-23-10-6-5-9-21(23)26)31-25-20(15-27)14-19-13-18(11-12-22(19)29-25)17-7-3-2-4-8-17/h2-10,14,16,18H,11-13H2,1H3,(H,28,30). The van der Waals surface area contributed by atoms with Crippen molar-refractivity contribution in [2.75, 3.05) is 5.32 Å². The summed E-state index contributed by atoms with van der Waals surface area (Å²) in [6.45, 7) is 1.73. The number of fused-ring (bicyclic) bond motifs is 1. The smallest absolute Gasteiger partial charge is 0.237 e. The molecule has 31 heavy (non-hydrogen) atoms. The maximum absolute atomic E-state index is 13.8. The normalized spacial score (nSPS) is 16.1. The van der Waals surface area contributed by atoms with Gasteiger partial charge in [0.1, 0.15) is 16.9 Å². The maximum Gasteiger partial charge on any atom is 0.237 e. The summed E-state index contributed by atoms with van der Waals surface area (Å²) in [6, 6.07) is 20.6. The van der Waals surface area contributed by atoms with Crippen LogP contribution in [-0.4, -0.2) is 16.1 Å². The molecule has 6 heteroatoms. The molecule has 3 aromatic rings. The van der Waals surface area contributed by atoms with Crippen molar-refractivity contribution in [3.8, 4) is 6.07 Å². The number of para-hydroxylation sites is 1. The Labute approximate surface area is 185 Å². The molecule has 0 spiro atoms. The predicted octanol–water partition coefficient (Wildman–Crippen LogP) is 5.48. The number of aryl methyl sites for hydroxylation is 1. The minimum absolute atomic E-state index is 0.144. The van der Waals surface area contributed by atoms with Gasteiger partial charge in [-0.15, -0.1) is 0 Å². The number of hydrogen-bond acceptors (Lipinski definition) is 4. The van der Waals surface area contributed by atoms with Gasteiger partial charge in [-0.25, -0.2) is 9.37 Å². The monoisotopic (exact) mass is 431 g/mol. The molecule has 0 fully saturated rings. The van der Waals surface area contributed by atoms with Crippen molar-refractivity contribution in [1.82, 2.24) is 4.98 Å². The number of amides is 1. The summed E-state index contributed by atoms with van der Waals surface area (Å²) in [6.07, 6.45) is 2.70. The Hall–Kier alpha value is -3.17. The Bertz CT molecular complexity index is 1140. The van der Waals surface area contributed by atoms with Gasteiger partial charge in [-0.05, 0) is 61.4 Å². The molecule has 2 atom stereocenters. The van der Waals surface area contributed by atoms with Gasteiger partial charge in [0, 0.05) is 5.69 Å². The molecule has 4 rings (SSSR count). The van der Waals surface area contributed by atoms with Crippen LogP contribution in [0.1, 0.15) is 41.6 Å². The lowest BCUT2D eigenvalue weighted by molar-refractivity contribution is -0.115. The zero-order chi connectivity index (χ0) is 21.8. The molecule has 1 amide bonds. The van der Waals surface area contributed by atoms with E-state index in [0.29, 0.717) is 16.5 Å². The Morgan fingerprint density at radius 3 is 2.71 bits per heavy atom. The molecule has 0 radical (unpaired) electrons. The molecule has 0 bridgehead atoms. The number of thioether (sulfide) groups is 1. The van der Waals surface area contributed by atoms with Crippen LogP contribution in [0.5, 0.6) is 0 Å². The number of aromatic nitrogens is 1. The Kier molecular flexibility index (Phi) is 6.34. The number of rotatable bonds is 5. The summed E-state index contributed by atoms with van der Waals surface area (Å²) >= 11 is 1.23. The fraction of sp³-hybridized carbons (Fsp3) is 0.240. The average molecular weight is 432 g/mol. The lowest BCUT2D eigenvalue weighted by Gasteiger charge is -2.25. The van der Waals surface area contributed by atoms with Crippen molar-refractivity contribution in [2.24, 2.45) is 0 Å². The maximum atomic E-state index is 13.8. The minimum atomic E-state index is -0.530. The molecule has 1 heterocycles. The molecule has 1 aliphatic rings. The topological polar surface area (TPSA) is 65.8 Å². The van der Waals surface area contributed by atoms with E-state index in [4.69, 9.17) is 4.98 Å². The molecule has 4 nitrogen and oxygen atoms in total. The molecule has 1 aliphatic carbocycles. The second-order valence-electron chi connectivity index (χ2n) is 7.64. The van der Waals surface area contributed by atoms with Crippen LogP contribution in [0.3, 0.4) is 0 Å². The van der Waals surface area contributed by atoms with E-state index in [9.17, 15) is 14.4 Å². The lowest BCUT2D eigenvalue weighted by atomic mass is 9.82. The van der Waals surface area contributed by atoms with Crippen LogP contribution in [0.4, 0.5) is 10.1 Å². The molecule has 156 valence electrons. The highest BCUT2D eigenvalue weighted by atomic mass is 32.2. The molecule has 1 aromatic heterocycles. The Balaban J connectivity index is 1.50. The summed E-state index contributed by atoms with van der Waals surface area (Å²) in [5, 5.41) is 12.3. The largest absolute Gasteiger partial charge is 0.323 e. The Morgan fingerprint density at radius 1 is 1.23 bits per heavy atom. The fourth-order valence-electron chi connectivity index (χ4n) is 3.84. The number of nitrogens with one attached hydrogen (secondary N) is 1. The van der Waals surface area contributed by atoms with E-state index in [1.807, 2.05) is 12.1 Å². The second kappa shape index (κ2) is 9.32. The van der Waals surface area contributed by atoms with E-state index >= 15 is 0 Å². The van der Waals surface area contributed by atoms with Gasteiger partial charge in [0.05, 0.1) is 16.5 Å². The highest BCUT2D eigenvalue weighted by molar-refractivity contribution is 8.00. The predicted molar refractivity (Wildman–Crippen MR) is 121 cm³/mol. The third kappa shape index (κ3) is 4.78. The van der Waals surface area contributed by atoms with Crippen molar-refractivity contribution in [2.45, 2.75) is 42.4 Å². The summed E-state index contributed by atoms with van der Waals surface area (Å²) in [5.74, 6) is -0.390. The van der Waals surface area contributed by atoms with Gasteiger partial charge in [0.15, 0.2) is 0 Å². The number of nitrogens with zero attached hydrogens (tertiary/aromatic N) is 2. The van der Waals surface area contributed by atoms with Crippen molar-refractivity contribution in [3.05, 3.63) is 88.9 Å². The van der Waals surface area contributed by atoms with Crippen LogP contribution >= 0.6 is 11.8 Å². The number of pyridine rings is 1. The number of halogens is 1. The Morgan fingerprint density at radius 2 is 1.97 bits per heavy atom. The number of hydrogen-bond donors (Lipinski definition) is 1. The van der Waals surface area contributed by atoms with Gasteiger partial charge in [-0.2, -0.15) is 5.26 Å².